The van der Waals surface area contributed by atoms with Crippen LogP contribution in [0.15, 0.2) is 42.3 Å². The maximum atomic E-state index is 12.7. The van der Waals surface area contributed by atoms with Crippen LogP contribution in [0.5, 0.6) is 23.0 Å². The highest BCUT2D eigenvalue weighted by Crippen LogP contribution is 2.41. The van der Waals surface area contributed by atoms with Gasteiger partial charge < -0.3 is 24.3 Å². The van der Waals surface area contributed by atoms with Gasteiger partial charge in [0.1, 0.15) is 28.6 Å². The largest absolute Gasteiger partial charge is 0.508 e. The quantitative estimate of drug-likeness (QED) is 0.715. The Hall–Kier alpha value is -3.41. The molecule has 25 heavy (non-hydrogen) atoms. The van der Waals surface area contributed by atoms with Crippen molar-refractivity contribution in [2.75, 3.05) is 14.2 Å². The van der Waals surface area contributed by atoms with E-state index < -0.39 is 0 Å². The summed E-state index contributed by atoms with van der Waals surface area (Å²) in [6, 6.07) is 8.44. The predicted molar refractivity (Wildman–Crippen MR) is 92.4 cm³/mol. The highest BCUT2D eigenvalue weighted by molar-refractivity contribution is 6.16. The van der Waals surface area contributed by atoms with E-state index in [0.29, 0.717) is 5.56 Å². The lowest BCUT2D eigenvalue weighted by Crippen LogP contribution is -1.99. The van der Waals surface area contributed by atoms with Crippen molar-refractivity contribution in [3.63, 3.8) is 0 Å². The van der Waals surface area contributed by atoms with Gasteiger partial charge in [-0.3, -0.25) is 4.79 Å². The normalized spacial score (nSPS) is 14.6. The number of methoxy groups -OCH3 is 2. The van der Waals surface area contributed by atoms with Gasteiger partial charge in [0.25, 0.3) is 0 Å². The van der Waals surface area contributed by atoms with Gasteiger partial charge in [0, 0.05) is 34.8 Å². The third-order valence-electron chi connectivity index (χ3n) is 4.15. The lowest BCUT2D eigenvalue weighted by molar-refractivity contribution is 0.101. The van der Waals surface area contributed by atoms with Crippen LogP contribution in [-0.2, 0) is 0 Å². The van der Waals surface area contributed by atoms with Crippen molar-refractivity contribution in [3.8, 4) is 23.0 Å². The first-order valence-corrected chi connectivity index (χ1v) is 7.61. The molecule has 3 aromatic rings. The Labute approximate surface area is 143 Å². The van der Waals surface area contributed by atoms with Gasteiger partial charge in [0.2, 0.25) is 5.78 Å². The maximum absolute atomic E-state index is 12.7. The highest BCUT2D eigenvalue weighted by atomic mass is 16.5. The van der Waals surface area contributed by atoms with Crippen molar-refractivity contribution >= 4 is 22.8 Å². The number of aromatic hydroxyl groups is 1. The molecule has 0 radical (unpaired) electrons. The van der Waals surface area contributed by atoms with E-state index in [1.165, 1.54) is 19.2 Å². The zero-order valence-corrected chi connectivity index (χ0v) is 13.6. The molecular weight excluding hydrogens is 322 g/mol. The second-order valence-electron chi connectivity index (χ2n) is 5.62. The van der Waals surface area contributed by atoms with Gasteiger partial charge in [0.05, 0.1) is 14.2 Å². The lowest BCUT2D eigenvalue weighted by Gasteiger charge is -2.04. The summed E-state index contributed by atoms with van der Waals surface area (Å²) < 4.78 is 16.1. The molecule has 0 saturated carbocycles. The number of nitrogens with one attached hydrogen (secondary N) is 1. The number of aromatic amines is 1. The van der Waals surface area contributed by atoms with Crippen LogP contribution < -0.4 is 14.2 Å². The van der Waals surface area contributed by atoms with Crippen LogP contribution in [0.4, 0.5) is 0 Å². The zero-order chi connectivity index (χ0) is 17.6. The number of allylic oxidation sites excluding steroid dienone is 1. The Kier molecular flexibility index (Phi) is 3.39. The lowest BCUT2D eigenvalue weighted by atomic mass is 10.1. The SMILES string of the molecule is COc1ccc2[nH]cc(/C=C3\Oc4cc(O)cc(OC)c4C3=O)c2c1. The molecule has 2 aromatic carbocycles. The number of carbonyl (C=O) groups excluding carboxylic acids is 1. The number of benzene rings is 2. The molecule has 0 fully saturated rings. The van der Waals surface area contributed by atoms with E-state index in [1.807, 2.05) is 18.2 Å². The third-order valence-corrected chi connectivity index (χ3v) is 4.15. The molecule has 1 aliphatic heterocycles. The second-order valence-corrected chi connectivity index (χ2v) is 5.62. The number of carbonyl (C=O) groups is 1. The van der Waals surface area contributed by atoms with Crippen LogP contribution in [0, 0.1) is 0 Å². The summed E-state index contributed by atoms with van der Waals surface area (Å²) in [5, 5.41) is 10.6. The van der Waals surface area contributed by atoms with E-state index in [4.69, 9.17) is 14.2 Å². The molecule has 0 atom stereocenters. The van der Waals surface area contributed by atoms with E-state index in [0.717, 1.165) is 22.2 Å². The third kappa shape index (κ3) is 2.39. The van der Waals surface area contributed by atoms with Gasteiger partial charge in [-0.05, 0) is 24.3 Å². The first-order chi connectivity index (χ1) is 12.1. The number of phenols is 1. The van der Waals surface area contributed by atoms with Gasteiger partial charge >= 0.3 is 0 Å². The molecule has 4 rings (SSSR count). The molecule has 126 valence electrons. The fourth-order valence-electron chi connectivity index (χ4n) is 2.93. The minimum atomic E-state index is -0.288. The Morgan fingerprint density at radius 1 is 1.16 bits per heavy atom. The molecule has 0 amide bonds. The molecule has 0 spiro atoms. The molecule has 2 heterocycles. The van der Waals surface area contributed by atoms with Gasteiger partial charge in [-0.25, -0.2) is 0 Å². The predicted octanol–water partition coefficient (Wildman–Crippen LogP) is 3.51. The number of fused-ring (bicyclic) bond motifs is 2. The fraction of sp³-hybridized carbons (Fsp3) is 0.105. The molecule has 1 aromatic heterocycles. The smallest absolute Gasteiger partial charge is 0.235 e. The van der Waals surface area contributed by atoms with Crippen molar-refractivity contribution in [2.45, 2.75) is 0 Å². The monoisotopic (exact) mass is 337 g/mol. The first-order valence-electron chi connectivity index (χ1n) is 7.61. The summed E-state index contributed by atoms with van der Waals surface area (Å²) in [7, 11) is 3.04. The van der Waals surface area contributed by atoms with Crippen molar-refractivity contribution in [2.24, 2.45) is 0 Å². The van der Waals surface area contributed by atoms with Gasteiger partial charge in [-0.1, -0.05) is 0 Å². The maximum Gasteiger partial charge on any atom is 0.235 e. The minimum Gasteiger partial charge on any atom is -0.508 e. The first kappa shape index (κ1) is 15.1. The molecule has 0 unspecified atom stereocenters. The van der Waals surface area contributed by atoms with Crippen LogP contribution in [0.2, 0.25) is 0 Å². The second kappa shape index (κ2) is 5.59. The van der Waals surface area contributed by atoms with Gasteiger partial charge in [-0.15, -0.1) is 0 Å². The summed E-state index contributed by atoms with van der Waals surface area (Å²) in [4.78, 5) is 15.8. The standard InChI is InChI=1S/C19H15NO5/c1-23-12-3-4-14-13(8-12)10(9-20-14)5-17-19(22)18-15(24-2)6-11(21)7-16(18)25-17/h3-9,20-21H,1-2H3/b17-5-. The van der Waals surface area contributed by atoms with Gasteiger partial charge in [0.15, 0.2) is 5.76 Å². The Morgan fingerprint density at radius 3 is 2.76 bits per heavy atom. The molecule has 0 bridgehead atoms. The zero-order valence-electron chi connectivity index (χ0n) is 13.6. The van der Waals surface area contributed by atoms with Crippen molar-refractivity contribution in [3.05, 3.63) is 53.4 Å². The number of hydrogen-bond acceptors (Lipinski definition) is 5. The Morgan fingerprint density at radius 2 is 2.00 bits per heavy atom. The summed E-state index contributed by atoms with van der Waals surface area (Å²) in [6.45, 7) is 0. The van der Waals surface area contributed by atoms with Crippen molar-refractivity contribution in [1.82, 2.24) is 4.98 Å². The number of rotatable bonds is 3. The molecule has 2 N–H and O–H groups in total. The highest BCUT2D eigenvalue weighted by Gasteiger charge is 2.32. The summed E-state index contributed by atoms with van der Waals surface area (Å²) >= 11 is 0. The van der Waals surface area contributed by atoms with E-state index in [-0.39, 0.29) is 28.8 Å². The topological polar surface area (TPSA) is 80.8 Å². The number of aromatic nitrogens is 1. The minimum absolute atomic E-state index is 0.0264. The fourth-order valence-corrected chi connectivity index (χ4v) is 2.93. The molecule has 1 aliphatic rings. The number of H-pyrrole nitrogens is 1. The van der Waals surface area contributed by atoms with E-state index in [2.05, 4.69) is 4.98 Å². The van der Waals surface area contributed by atoms with Crippen LogP contribution in [0.3, 0.4) is 0 Å². The average Bonchev–Trinajstić information content (AvgIpc) is 3.15. The molecule has 0 aliphatic carbocycles. The van der Waals surface area contributed by atoms with Gasteiger partial charge in [-0.2, -0.15) is 0 Å². The van der Waals surface area contributed by atoms with E-state index in [9.17, 15) is 9.90 Å². The number of Topliss-reactive ketones (excluding diaryl/α,β-unsaturated/α-hetero) is 1. The van der Waals surface area contributed by atoms with Crippen LogP contribution in [0.1, 0.15) is 15.9 Å². The summed E-state index contributed by atoms with van der Waals surface area (Å²) in [5.41, 5.74) is 2.03. The number of ketones is 1. The summed E-state index contributed by atoms with van der Waals surface area (Å²) in [5.74, 6) is 1.14. The molecule has 6 nitrogen and oxygen atoms in total. The average molecular weight is 337 g/mol. The van der Waals surface area contributed by atoms with Crippen LogP contribution >= 0.6 is 0 Å². The number of phenolic OH excluding ortho intramolecular Hbond substituents is 1. The Balaban J connectivity index is 1.80. The summed E-state index contributed by atoms with van der Waals surface area (Å²) in [6.07, 6.45) is 3.46. The van der Waals surface area contributed by atoms with Crippen molar-refractivity contribution in [1.29, 1.82) is 0 Å². The van der Waals surface area contributed by atoms with Crippen molar-refractivity contribution < 1.29 is 24.1 Å². The molecule has 6 heteroatoms. The molecular formula is C19H15NO5. The van der Waals surface area contributed by atoms with Crippen LogP contribution in [0.25, 0.3) is 17.0 Å². The van der Waals surface area contributed by atoms with Crippen LogP contribution in [-0.4, -0.2) is 30.1 Å². The van der Waals surface area contributed by atoms with E-state index >= 15 is 0 Å². The number of hydrogen-bond donors (Lipinski definition) is 2. The van der Waals surface area contributed by atoms with E-state index in [1.54, 1.807) is 19.4 Å². The Bertz CT molecular complexity index is 1030. The molecule has 0 saturated heterocycles. The number of ether oxygens (including phenoxy) is 3.